The molecule has 2 rings (SSSR count). The molecule has 1 heterocycles. The van der Waals surface area contributed by atoms with Crippen molar-refractivity contribution in [3.8, 4) is 0 Å². The van der Waals surface area contributed by atoms with Gasteiger partial charge >= 0.3 is 6.18 Å². The van der Waals surface area contributed by atoms with E-state index in [0.717, 1.165) is 17.8 Å². The van der Waals surface area contributed by atoms with Crippen LogP contribution in [0.2, 0.25) is 0 Å². The van der Waals surface area contributed by atoms with Crippen LogP contribution in [-0.2, 0) is 12.7 Å². The van der Waals surface area contributed by atoms with E-state index >= 15 is 0 Å². The molecule has 3 N–H and O–H groups in total. The van der Waals surface area contributed by atoms with Crippen molar-refractivity contribution in [2.24, 2.45) is 0 Å². The van der Waals surface area contributed by atoms with Crippen LogP contribution in [0.1, 0.15) is 17.0 Å². The average molecular weight is 282 g/mol. The van der Waals surface area contributed by atoms with Crippen molar-refractivity contribution in [3.63, 3.8) is 0 Å². The molecule has 0 bridgehead atoms. The highest BCUT2D eigenvalue weighted by Gasteiger charge is 2.30. The van der Waals surface area contributed by atoms with E-state index < -0.39 is 11.7 Å². The first-order chi connectivity index (χ1) is 9.36. The lowest BCUT2D eigenvalue weighted by atomic mass is 10.1. The second-order valence-electron chi connectivity index (χ2n) is 4.30. The standard InChI is InChI=1S/C13H13F3N4/c1-8-5-19-10(6-18-8)7-20-12-3-2-9(4-11(12)17)13(14,15)16/h2-6,20H,7,17H2,1H3. The predicted octanol–water partition coefficient (Wildman–Crippen LogP) is 3.00. The van der Waals surface area contributed by atoms with Crippen LogP contribution >= 0.6 is 0 Å². The average Bonchev–Trinajstić information content (AvgIpc) is 2.38. The predicted molar refractivity (Wildman–Crippen MR) is 70.0 cm³/mol. The van der Waals surface area contributed by atoms with Gasteiger partial charge in [-0.25, -0.2) is 0 Å². The molecular formula is C13H13F3N4. The van der Waals surface area contributed by atoms with E-state index in [4.69, 9.17) is 5.73 Å². The first-order valence-electron chi connectivity index (χ1n) is 5.84. The number of anilines is 2. The minimum absolute atomic E-state index is 0.0416. The lowest BCUT2D eigenvalue weighted by Crippen LogP contribution is -2.08. The van der Waals surface area contributed by atoms with Crippen LogP contribution in [-0.4, -0.2) is 9.97 Å². The number of nitrogens with zero attached hydrogens (tertiary/aromatic N) is 2. The van der Waals surface area contributed by atoms with Crippen LogP contribution in [0.3, 0.4) is 0 Å². The summed E-state index contributed by atoms with van der Waals surface area (Å²) in [5.74, 6) is 0. The highest BCUT2D eigenvalue weighted by Crippen LogP contribution is 2.32. The molecule has 20 heavy (non-hydrogen) atoms. The summed E-state index contributed by atoms with van der Waals surface area (Å²) in [5.41, 5.74) is 6.78. The molecule has 1 aromatic heterocycles. The molecular weight excluding hydrogens is 269 g/mol. The summed E-state index contributed by atoms with van der Waals surface area (Å²) in [6, 6.07) is 3.20. The third kappa shape index (κ3) is 3.37. The van der Waals surface area contributed by atoms with Crippen molar-refractivity contribution in [3.05, 3.63) is 47.5 Å². The van der Waals surface area contributed by atoms with Gasteiger partial charge in [0.15, 0.2) is 0 Å². The molecule has 0 aliphatic rings. The van der Waals surface area contributed by atoms with Crippen molar-refractivity contribution >= 4 is 11.4 Å². The SMILES string of the molecule is Cc1cnc(CNc2ccc(C(F)(F)F)cc2N)cn1. The first kappa shape index (κ1) is 14.1. The second-order valence-corrected chi connectivity index (χ2v) is 4.30. The number of nitrogens with two attached hydrogens (primary N) is 1. The van der Waals surface area contributed by atoms with E-state index in [1.165, 1.54) is 6.07 Å². The number of alkyl halides is 3. The zero-order chi connectivity index (χ0) is 14.8. The zero-order valence-corrected chi connectivity index (χ0v) is 10.7. The highest BCUT2D eigenvalue weighted by molar-refractivity contribution is 5.67. The fraction of sp³-hybridized carbons (Fsp3) is 0.231. The molecule has 1 aromatic carbocycles. The first-order valence-corrected chi connectivity index (χ1v) is 5.84. The smallest absolute Gasteiger partial charge is 0.397 e. The Morgan fingerprint density at radius 3 is 2.50 bits per heavy atom. The van der Waals surface area contributed by atoms with Crippen LogP contribution < -0.4 is 11.1 Å². The minimum atomic E-state index is -4.39. The van der Waals surface area contributed by atoms with E-state index in [2.05, 4.69) is 15.3 Å². The topological polar surface area (TPSA) is 63.8 Å². The summed E-state index contributed by atoms with van der Waals surface area (Å²) in [6.45, 7) is 2.15. The molecule has 0 unspecified atom stereocenters. The number of halogens is 3. The van der Waals surface area contributed by atoms with Crippen molar-refractivity contribution < 1.29 is 13.2 Å². The molecule has 4 nitrogen and oxygen atoms in total. The van der Waals surface area contributed by atoms with Gasteiger partial charge in [-0.05, 0) is 25.1 Å². The largest absolute Gasteiger partial charge is 0.416 e. The van der Waals surface area contributed by atoms with Crippen LogP contribution in [0, 0.1) is 6.92 Å². The Balaban J connectivity index is 2.08. The Bertz CT molecular complexity index is 594. The van der Waals surface area contributed by atoms with E-state index in [1.807, 2.05) is 6.92 Å². The van der Waals surface area contributed by atoms with Gasteiger partial charge in [0.25, 0.3) is 0 Å². The van der Waals surface area contributed by atoms with Crippen molar-refractivity contribution in [1.29, 1.82) is 0 Å². The molecule has 7 heteroatoms. The molecule has 0 atom stereocenters. The van der Waals surface area contributed by atoms with Crippen LogP contribution in [0.25, 0.3) is 0 Å². The molecule has 0 radical (unpaired) electrons. The normalized spacial score (nSPS) is 11.4. The van der Waals surface area contributed by atoms with Gasteiger partial charge in [0.05, 0.1) is 41.1 Å². The van der Waals surface area contributed by atoms with Gasteiger partial charge in [0.2, 0.25) is 0 Å². The van der Waals surface area contributed by atoms with Crippen LogP contribution in [0.4, 0.5) is 24.5 Å². The van der Waals surface area contributed by atoms with E-state index in [1.54, 1.807) is 12.4 Å². The Morgan fingerprint density at radius 2 is 1.95 bits per heavy atom. The van der Waals surface area contributed by atoms with Gasteiger partial charge in [-0.15, -0.1) is 0 Å². The second kappa shape index (κ2) is 5.36. The number of rotatable bonds is 3. The van der Waals surface area contributed by atoms with Gasteiger partial charge in [-0.2, -0.15) is 13.2 Å². The maximum absolute atomic E-state index is 12.5. The number of nitrogens with one attached hydrogen (secondary N) is 1. The van der Waals surface area contributed by atoms with Gasteiger partial charge in [-0.3, -0.25) is 9.97 Å². The lowest BCUT2D eigenvalue weighted by Gasteiger charge is -2.12. The molecule has 0 fully saturated rings. The number of nitrogen functional groups attached to an aromatic ring is 1. The fourth-order valence-corrected chi connectivity index (χ4v) is 1.60. The van der Waals surface area contributed by atoms with Gasteiger partial charge in [-0.1, -0.05) is 0 Å². The fourth-order valence-electron chi connectivity index (χ4n) is 1.60. The number of hydrogen-bond acceptors (Lipinski definition) is 4. The molecule has 0 aliphatic heterocycles. The minimum Gasteiger partial charge on any atom is -0.397 e. The Labute approximate surface area is 113 Å². The summed E-state index contributed by atoms with van der Waals surface area (Å²) in [6.07, 6.45) is -1.18. The van der Waals surface area contributed by atoms with Gasteiger partial charge in [0.1, 0.15) is 0 Å². The third-order valence-electron chi connectivity index (χ3n) is 2.67. The molecule has 0 saturated carbocycles. The van der Waals surface area contributed by atoms with Crippen molar-refractivity contribution in [1.82, 2.24) is 9.97 Å². The summed E-state index contributed by atoms with van der Waals surface area (Å²) in [4.78, 5) is 8.21. The molecule has 2 aromatic rings. The molecule has 0 amide bonds. The van der Waals surface area contributed by atoms with Crippen LogP contribution in [0.5, 0.6) is 0 Å². The lowest BCUT2D eigenvalue weighted by molar-refractivity contribution is -0.137. The van der Waals surface area contributed by atoms with E-state index in [0.29, 0.717) is 17.9 Å². The summed E-state index contributed by atoms with van der Waals surface area (Å²) < 4.78 is 37.5. The third-order valence-corrected chi connectivity index (χ3v) is 2.67. The number of hydrogen-bond donors (Lipinski definition) is 2. The number of benzene rings is 1. The maximum atomic E-state index is 12.5. The van der Waals surface area contributed by atoms with Crippen LogP contribution in [0.15, 0.2) is 30.6 Å². The summed E-state index contributed by atoms with van der Waals surface area (Å²) in [5, 5.41) is 2.93. The quantitative estimate of drug-likeness (QED) is 0.849. The monoisotopic (exact) mass is 282 g/mol. The van der Waals surface area contributed by atoms with Crippen molar-refractivity contribution in [2.75, 3.05) is 11.1 Å². The molecule has 106 valence electrons. The molecule has 0 saturated heterocycles. The molecule has 0 spiro atoms. The van der Waals surface area contributed by atoms with Gasteiger partial charge in [0, 0.05) is 6.20 Å². The Kier molecular flexibility index (Phi) is 3.78. The zero-order valence-electron chi connectivity index (χ0n) is 10.7. The Morgan fingerprint density at radius 1 is 1.20 bits per heavy atom. The van der Waals surface area contributed by atoms with E-state index in [9.17, 15) is 13.2 Å². The van der Waals surface area contributed by atoms with Crippen molar-refractivity contribution in [2.45, 2.75) is 19.6 Å². The molecule has 0 aliphatic carbocycles. The summed E-state index contributed by atoms with van der Waals surface area (Å²) in [7, 11) is 0. The maximum Gasteiger partial charge on any atom is 0.416 e. The van der Waals surface area contributed by atoms with Gasteiger partial charge < -0.3 is 11.1 Å². The number of aryl methyl sites for hydroxylation is 1. The number of aromatic nitrogens is 2. The highest BCUT2D eigenvalue weighted by atomic mass is 19.4. The summed E-state index contributed by atoms with van der Waals surface area (Å²) >= 11 is 0. The Hall–Kier alpha value is -2.31. The van der Waals surface area contributed by atoms with E-state index in [-0.39, 0.29) is 5.69 Å².